The fraction of sp³-hybridized carbons (Fsp3) is 0.444. The minimum Gasteiger partial charge on any atom is -0.320 e. The minimum atomic E-state index is -0.135. The summed E-state index contributed by atoms with van der Waals surface area (Å²) in [5.74, 6) is 0.431. The fourth-order valence-electron chi connectivity index (χ4n) is 3.37. The molecule has 3 rings (SSSR count). The molecule has 4 heteroatoms. The summed E-state index contributed by atoms with van der Waals surface area (Å²) in [6.07, 6.45) is 2.86. The molecular weight excluding hydrogens is 274 g/mol. The zero-order valence-corrected chi connectivity index (χ0v) is 13.9. The first-order chi connectivity index (χ1) is 10.3. The van der Waals surface area contributed by atoms with Crippen LogP contribution in [0, 0.1) is 12.8 Å². The lowest BCUT2D eigenvalue weighted by atomic mass is 9.80. The van der Waals surface area contributed by atoms with E-state index in [1.54, 1.807) is 4.68 Å². The number of carbonyl (C=O) groups excluding carboxylic acids is 1. The van der Waals surface area contributed by atoms with Gasteiger partial charge in [-0.05, 0) is 41.9 Å². The third-order valence-electron chi connectivity index (χ3n) is 5.09. The zero-order valence-electron chi connectivity index (χ0n) is 13.9. The van der Waals surface area contributed by atoms with Crippen molar-refractivity contribution in [1.29, 1.82) is 0 Å². The van der Waals surface area contributed by atoms with Crippen molar-refractivity contribution in [2.24, 2.45) is 13.0 Å². The summed E-state index contributed by atoms with van der Waals surface area (Å²) in [7, 11) is 1.83. The molecule has 1 unspecified atom stereocenters. The van der Waals surface area contributed by atoms with Crippen LogP contribution < -0.4 is 5.32 Å². The Morgan fingerprint density at radius 2 is 2.14 bits per heavy atom. The van der Waals surface area contributed by atoms with E-state index in [-0.39, 0.29) is 11.3 Å². The second-order valence-corrected chi connectivity index (χ2v) is 6.95. The Bertz CT molecular complexity index is 743. The molecule has 0 aliphatic heterocycles. The first-order valence-electron chi connectivity index (χ1n) is 7.74. The molecule has 1 amide bonds. The molecule has 1 atom stereocenters. The van der Waals surface area contributed by atoms with E-state index in [4.69, 9.17) is 0 Å². The maximum atomic E-state index is 12.5. The van der Waals surface area contributed by atoms with E-state index in [2.05, 4.69) is 37.3 Å². The van der Waals surface area contributed by atoms with Crippen molar-refractivity contribution in [2.45, 2.75) is 39.5 Å². The lowest BCUT2D eigenvalue weighted by Gasteiger charge is -2.25. The molecular formula is C18H23N3O. The first kappa shape index (κ1) is 14.8. The Morgan fingerprint density at radius 1 is 1.41 bits per heavy atom. The van der Waals surface area contributed by atoms with Gasteiger partial charge in [-0.1, -0.05) is 32.9 Å². The van der Waals surface area contributed by atoms with Gasteiger partial charge in [0.05, 0.1) is 0 Å². The van der Waals surface area contributed by atoms with Crippen molar-refractivity contribution in [3.8, 4) is 0 Å². The number of carbonyl (C=O) groups is 1. The van der Waals surface area contributed by atoms with Crippen molar-refractivity contribution in [3.05, 3.63) is 46.8 Å². The summed E-state index contributed by atoms with van der Waals surface area (Å²) >= 11 is 0. The third kappa shape index (κ3) is 2.23. The van der Waals surface area contributed by atoms with E-state index in [0.29, 0.717) is 11.6 Å². The van der Waals surface area contributed by atoms with E-state index in [1.807, 2.05) is 32.3 Å². The van der Waals surface area contributed by atoms with Gasteiger partial charge in [-0.2, -0.15) is 5.10 Å². The number of hydrogen-bond donors (Lipinski definition) is 1. The molecule has 1 aliphatic rings. The van der Waals surface area contributed by atoms with Gasteiger partial charge in [-0.25, -0.2) is 0 Å². The molecule has 0 saturated carbocycles. The van der Waals surface area contributed by atoms with Crippen LogP contribution in [-0.2, 0) is 18.9 Å². The van der Waals surface area contributed by atoms with Crippen LogP contribution in [0.5, 0.6) is 0 Å². The van der Waals surface area contributed by atoms with Crippen LogP contribution in [0.3, 0.4) is 0 Å². The molecule has 22 heavy (non-hydrogen) atoms. The normalized spacial score (nSPS) is 19.0. The zero-order chi connectivity index (χ0) is 16.1. The molecule has 1 heterocycles. The molecule has 1 aromatic heterocycles. The summed E-state index contributed by atoms with van der Waals surface area (Å²) in [5, 5.41) is 7.30. The van der Waals surface area contributed by atoms with Gasteiger partial charge >= 0.3 is 0 Å². The average Bonchev–Trinajstić information content (AvgIpc) is 2.89. The Labute approximate surface area is 131 Å². The molecule has 4 nitrogen and oxygen atoms in total. The lowest BCUT2D eigenvalue weighted by molar-refractivity contribution is 0.102. The van der Waals surface area contributed by atoms with Gasteiger partial charge in [-0.15, -0.1) is 0 Å². The highest BCUT2D eigenvalue weighted by molar-refractivity contribution is 6.04. The maximum absolute atomic E-state index is 12.5. The standard InChI is InChI=1S/C18H23N3O/c1-11-10-21(5)20-16(11)17(22)19-15-8-6-7-14-13(15)9-12(2)18(14,3)4/h6-8,10,12H,9H2,1-5H3,(H,19,22). The number of nitrogens with one attached hydrogen (secondary N) is 1. The molecule has 1 aliphatic carbocycles. The van der Waals surface area contributed by atoms with Crippen LogP contribution in [0.1, 0.15) is 48.0 Å². The number of hydrogen-bond acceptors (Lipinski definition) is 2. The monoisotopic (exact) mass is 297 g/mol. The molecule has 1 aromatic carbocycles. The summed E-state index contributed by atoms with van der Waals surface area (Å²) in [6.45, 7) is 8.73. The Kier molecular flexibility index (Phi) is 3.35. The molecule has 0 spiro atoms. The Hall–Kier alpha value is -2.10. The van der Waals surface area contributed by atoms with Crippen molar-refractivity contribution in [1.82, 2.24) is 9.78 Å². The molecule has 0 radical (unpaired) electrons. The summed E-state index contributed by atoms with van der Waals surface area (Å²) < 4.78 is 1.67. The third-order valence-corrected chi connectivity index (χ3v) is 5.09. The highest BCUT2D eigenvalue weighted by atomic mass is 16.2. The fourth-order valence-corrected chi connectivity index (χ4v) is 3.37. The van der Waals surface area contributed by atoms with E-state index in [1.165, 1.54) is 11.1 Å². The van der Waals surface area contributed by atoms with E-state index < -0.39 is 0 Å². The quantitative estimate of drug-likeness (QED) is 0.923. The van der Waals surface area contributed by atoms with Gasteiger partial charge in [0.2, 0.25) is 0 Å². The largest absolute Gasteiger partial charge is 0.320 e. The van der Waals surface area contributed by atoms with Gasteiger partial charge in [0.25, 0.3) is 5.91 Å². The van der Waals surface area contributed by atoms with Crippen molar-refractivity contribution < 1.29 is 4.79 Å². The van der Waals surface area contributed by atoms with Crippen molar-refractivity contribution in [3.63, 3.8) is 0 Å². The number of aryl methyl sites for hydroxylation is 2. The van der Waals surface area contributed by atoms with Gasteiger partial charge in [0.1, 0.15) is 0 Å². The highest BCUT2D eigenvalue weighted by Gasteiger charge is 2.37. The second kappa shape index (κ2) is 4.97. The first-order valence-corrected chi connectivity index (χ1v) is 7.74. The van der Waals surface area contributed by atoms with Crippen molar-refractivity contribution >= 4 is 11.6 Å². The number of fused-ring (bicyclic) bond motifs is 1. The molecule has 0 fully saturated rings. The number of benzene rings is 1. The van der Waals surface area contributed by atoms with Gasteiger partial charge < -0.3 is 5.32 Å². The van der Waals surface area contributed by atoms with Gasteiger partial charge in [0, 0.05) is 24.5 Å². The van der Waals surface area contributed by atoms with Crippen LogP contribution in [0.4, 0.5) is 5.69 Å². The highest BCUT2D eigenvalue weighted by Crippen LogP contribution is 2.45. The molecule has 0 saturated heterocycles. The molecule has 2 aromatic rings. The van der Waals surface area contributed by atoms with Gasteiger partial charge in [-0.3, -0.25) is 9.48 Å². The van der Waals surface area contributed by atoms with Crippen LogP contribution in [-0.4, -0.2) is 15.7 Å². The van der Waals surface area contributed by atoms with Crippen molar-refractivity contribution in [2.75, 3.05) is 5.32 Å². The van der Waals surface area contributed by atoms with Crippen LogP contribution in [0.15, 0.2) is 24.4 Å². The average molecular weight is 297 g/mol. The maximum Gasteiger partial charge on any atom is 0.276 e. The molecule has 0 bridgehead atoms. The number of nitrogens with zero attached hydrogens (tertiary/aromatic N) is 2. The van der Waals surface area contributed by atoms with E-state index >= 15 is 0 Å². The van der Waals surface area contributed by atoms with Crippen LogP contribution in [0.2, 0.25) is 0 Å². The number of anilines is 1. The van der Waals surface area contributed by atoms with Crippen LogP contribution in [0.25, 0.3) is 0 Å². The number of rotatable bonds is 2. The number of amides is 1. The summed E-state index contributed by atoms with van der Waals surface area (Å²) in [5.41, 5.74) is 5.06. The topological polar surface area (TPSA) is 46.9 Å². The summed E-state index contributed by atoms with van der Waals surface area (Å²) in [4.78, 5) is 12.5. The smallest absolute Gasteiger partial charge is 0.276 e. The predicted molar refractivity (Wildman–Crippen MR) is 88.2 cm³/mol. The van der Waals surface area contributed by atoms with E-state index in [9.17, 15) is 4.79 Å². The van der Waals surface area contributed by atoms with E-state index in [0.717, 1.165) is 17.7 Å². The number of aromatic nitrogens is 2. The molecule has 1 N–H and O–H groups in total. The van der Waals surface area contributed by atoms with Crippen LogP contribution >= 0.6 is 0 Å². The minimum absolute atomic E-state index is 0.135. The second-order valence-electron chi connectivity index (χ2n) is 6.95. The Morgan fingerprint density at radius 3 is 2.77 bits per heavy atom. The Balaban J connectivity index is 1.94. The molecule has 116 valence electrons. The lowest BCUT2D eigenvalue weighted by Crippen LogP contribution is -2.21. The van der Waals surface area contributed by atoms with Gasteiger partial charge in [0.15, 0.2) is 5.69 Å². The SMILES string of the molecule is Cc1cn(C)nc1C(=O)Nc1cccc2c1CC(C)C2(C)C. The predicted octanol–water partition coefficient (Wildman–Crippen LogP) is 3.45. The summed E-state index contributed by atoms with van der Waals surface area (Å²) in [6, 6.07) is 6.20.